The van der Waals surface area contributed by atoms with Crippen LogP contribution in [0.5, 0.6) is 11.5 Å². The maximum Gasteiger partial charge on any atom is 0.255 e. The molecule has 32 heavy (non-hydrogen) atoms. The van der Waals surface area contributed by atoms with Gasteiger partial charge in [-0.2, -0.15) is 0 Å². The van der Waals surface area contributed by atoms with E-state index in [1.165, 1.54) is 7.11 Å². The number of nitrogens with zero attached hydrogens (tertiary/aromatic N) is 1. The molecule has 2 amide bonds. The van der Waals surface area contributed by atoms with E-state index in [0.717, 1.165) is 10.4 Å². The number of methoxy groups -OCH3 is 2. The lowest BCUT2D eigenvalue weighted by molar-refractivity contribution is -0.119. The van der Waals surface area contributed by atoms with E-state index in [0.29, 0.717) is 28.5 Å². The van der Waals surface area contributed by atoms with Gasteiger partial charge in [-0.15, -0.1) is 23.1 Å². The molecule has 0 spiro atoms. The summed E-state index contributed by atoms with van der Waals surface area (Å²) in [6.07, 6.45) is 0. The largest absolute Gasteiger partial charge is 0.493 e. The van der Waals surface area contributed by atoms with Gasteiger partial charge in [0.25, 0.3) is 5.91 Å². The van der Waals surface area contributed by atoms with Crippen LogP contribution in [0.1, 0.15) is 26.2 Å². The van der Waals surface area contributed by atoms with E-state index < -0.39 is 6.04 Å². The molecule has 166 valence electrons. The number of ether oxygens (including phenoxy) is 2. The molecule has 0 aliphatic carbocycles. The standard InChI is InChI=1S/C24H24N2O4S2/c1-15-6-9-17(10-7-15)25-22(27)18-14-32-24(21-5-4-12-31-21)26(18)23(28)16-8-11-19(29-2)20(13-16)30-3/h4-13,18,24H,14H2,1-3H3,(H,25,27). The van der Waals surface area contributed by atoms with Gasteiger partial charge in [0.15, 0.2) is 11.5 Å². The molecule has 6 nitrogen and oxygen atoms in total. The molecule has 2 aromatic carbocycles. The third-order valence-corrected chi connectivity index (χ3v) is 7.65. The molecule has 0 saturated carbocycles. The lowest BCUT2D eigenvalue weighted by atomic mass is 10.1. The molecule has 1 aromatic heterocycles. The zero-order valence-electron chi connectivity index (χ0n) is 18.0. The van der Waals surface area contributed by atoms with Crippen LogP contribution in [0, 0.1) is 6.92 Å². The number of nitrogens with one attached hydrogen (secondary N) is 1. The summed E-state index contributed by atoms with van der Waals surface area (Å²) < 4.78 is 10.7. The Labute approximate surface area is 195 Å². The van der Waals surface area contributed by atoms with Crippen molar-refractivity contribution in [2.24, 2.45) is 0 Å². The van der Waals surface area contributed by atoms with E-state index in [4.69, 9.17) is 9.47 Å². The summed E-state index contributed by atoms with van der Waals surface area (Å²) in [5.74, 6) is 1.11. The number of hydrogen-bond donors (Lipinski definition) is 1. The van der Waals surface area contributed by atoms with Crippen LogP contribution in [-0.4, -0.2) is 42.7 Å². The van der Waals surface area contributed by atoms with Gasteiger partial charge in [-0.25, -0.2) is 0 Å². The normalized spacial score (nSPS) is 17.8. The van der Waals surface area contributed by atoms with E-state index in [-0.39, 0.29) is 17.2 Å². The zero-order valence-corrected chi connectivity index (χ0v) is 19.7. The Morgan fingerprint density at radius 2 is 1.78 bits per heavy atom. The topological polar surface area (TPSA) is 67.9 Å². The van der Waals surface area contributed by atoms with Gasteiger partial charge in [-0.05, 0) is 48.7 Å². The number of rotatable bonds is 6. The molecule has 1 aliphatic heterocycles. The number of aryl methyl sites for hydroxylation is 1. The van der Waals surface area contributed by atoms with Crippen molar-refractivity contribution in [1.82, 2.24) is 4.90 Å². The summed E-state index contributed by atoms with van der Waals surface area (Å²) in [7, 11) is 3.08. The SMILES string of the molecule is COc1ccc(C(=O)N2C(C(=O)Nc3ccc(C)cc3)CSC2c2cccs2)cc1OC. The molecule has 1 fully saturated rings. The monoisotopic (exact) mass is 468 g/mol. The number of carbonyl (C=O) groups is 2. The van der Waals surface area contributed by atoms with Crippen LogP contribution in [0.25, 0.3) is 0 Å². The first-order chi connectivity index (χ1) is 15.5. The first-order valence-electron chi connectivity index (χ1n) is 10.1. The van der Waals surface area contributed by atoms with Crippen molar-refractivity contribution >= 4 is 40.6 Å². The number of thiophene rings is 1. The first kappa shape index (κ1) is 22.2. The van der Waals surface area contributed by atoms with Crippen molar-refractivity contribution in [3.8, 4) is 11.5 Å². The van der Waals surface area contributed by atoms with Crippen molar-refractivity contribution in [1.29, 1.82) is 0 Å². The molecular formula is C24H24N2O4S2. The van der Waals surface area contributed by atoms with Gasteiger partial charge < -0.3 is 19.7 Å². The number of carbonyl (C=O) groups excluding carboxylic acids is 2. The number of amides is 2. The third kappa shape index (κ3) is 4.47. The number of benzene rings is 2. The Morgan fingerprint density at radius 3 is 2.44 bits per heavy atom. The van der Waals surface area contributed by atoms with Crippen LogP contribution in [0.3, 0.4) is 0 Å². The molecule has 1 N–H and O–H groups in total. The molecule has 1 aliphatic rings. The summed E-state index contributed by atoms with van der Waals surface area (Å²) >= 11 is 3.18. The quantitative estimate of drug-likeness (QED) is 0.553. The van der Waals surface area contributed by atoms with Gasteiger partial charge in [0, 0.05) is 21.9 Å². The second-order valence-corrected chi connectivity index (χ2v) is 9.45. The molecule has 2 heterocycles. The van der Waals surface area contributed by atoms with Crippen molar-refractivity contribution < 1.29 is 19.1 Å². The highest BCUT2D eigenvalue weighted by Gasteiger charge is 2.43. The Kier molecular flexibility index (Phi) is 6.72. The second kappa shape index (κ2) is 9.67. The van der Waals surface area contributed by atoms with Gasteiger partial charge in [0.05, 0.1) is 14.2 Å². The summed E-state index contributed by atoms with van der Waals surface area (Å²) in [6, 6.07) is 16.0. The number of hydrogen-bond acceptors (Lipinski definition) is 6. The first-order valence-corrected chi connectivity index (χ1v) is 12.0. The molecule has 0 bridgehead atoms. The van der Waals surface area contributed by atoms with Crippen LogP contribution in [0.4, 0.5) is 5.69 Å². The fourth-order valence-electron chi connectivity index (χ4n) is 3.59. The zero-order chi connectivity index (χ0) is 22.7. The Morgan fingerprint density at radius 1 is 1.03 bits per heavy atom. The average molecular weight is 469 g/mol. The maximum absolute atomic E-state index is 13.7. The van der Waals surface area contributed by atoms with E-state index in [1.807, 2.05) is 48.7 Å². The molecule has 3 aromatic rings. The molecule has 8 heteroatoms. The molecule has 2 atom stereocenters. The smallest absolute Gasteiger partial charge is 0.255 e. The maximum atomic E-state index is 13.7. The van der Waals surface area contributed by atoms with Crippen LogP contribution >= 0.6 is 23.1 Å². The molecule has 1 saturated heterocycles. The van der Waals surface area contributed by atoms with E-state index in [2.05, 4.69) is 5.32 Å². The van der Waals surface area contributed by atoms with E-state index >= 15 is 0 Å². The minimum absolute atomic E-state index is 0.200. The Bertz CT molecular complexity index is 1100. The molecule has 2 unspecified atom stereocenters. The van der Waals surface area contributed by atoms with Crippen LogP contribution in [0.15, 0.2) is 60.0 Å². The lowest BCUT2D eigenvalue weighted by Gasteiger charge is -2.28. The van der Waals surface area contributed by atoms with Crippen molar-refractivity contribution in [2.45, 2.75) is 18.3 Å². The predicted octanol–water partition coefficient (Wildman–Crippen LogP) is 4.97. The Hall–Kier alpha value is -2.97. The van der Waals surface area contributed by atoms with Gasteiger partial charge in [-0.1, -0.05) is 23.8 Å². The summed E-state index contributed by atoms with van der Waals surface area (Å²) in [5.41, 5.74) is 2.27. The highest BCUT2D eigenvalue weighted by Crippen LogP contribution is 2.44. The Balaban J connectivity index is 1.65. The van der Waals surface area contributed by atoms with Crippen molar-refractivity contribution in [2.75, 3.05) is 25.3 Å². The molecule has 4 rings (SSSR count). The van der Waals surface area contributed by atoms with Gasteiger partial charge in [0.1, 0.15) is 11.4 Å². The third-order valence-electron chi connectivity index (χ3n) is 5.27. The number of anilines is 1. The lowest BCUT2D eigenvalue weighted by Crippen LogP contribution is -2.45. The predicted molar refractivity (Wildman–Crippen MR) is 129 cm³/mol. The highest BCUT2D eigenvalue weighted by atomic mass is 32.2. The van der Waals surface area contributed by atoms with Gasteiger partial charge >= 0.3 is 0 Å². The minimum Gasteiger partial charge on any atom is -0.493 e. The van der Waals surface area contributed by atoms with Gasteiger partial charge in [-0.3, -0.25) is 9.59 Å². The highest BCUT2D eigenvalue weighted by molar-refractivity contribution is 7.99. The summed E-state index contributed by atoms with van der Waals surface area (Å²) in [4.78, 5) is 29.6. The summed E-state index contributed by atoms with van der Waals surface area (Å²) in [5, 5.41) is 4.72. The van der Waals surface area contributed by atoms with Crippen molar-refractivity contribution in [3.05, 3.63) is 76.0 Å². The fourth-order valence-corrected chi connectivity index (χ4v) is 5.98. The van der Waals surface area contributed by atoms with Crippen LogP contribution in [-0.2, 0) is 4.79 Å². The molecular weight excluding hydrogens is 444 g/mol. The summed E-state index contributed by atoms with van der Waals surface area (Å²) in [6.45, 7) is 1.99. The average Bonchev–Trinajstić information content (AvgIpc) is 3.49. The van der Waals surface area contributed by atoms with Crippen LogP contribution < -0.4 is 14.8 Å². The minimum atomic E-state index is -0.603. The van der Waals surface area contributed by atoms with E-state index in [1.54, 1.807) is 53.3 Å². The van der Waals surface area contributed by atoms with Crippen molar-refractivity contribution in [3.63, 3.8) is 0 Å². The van der Waals surface area contributed by atoms with E-state index in [9.17, 15) is 9.59 Å². The van der Waals surface area contributed by atoms with Gasteiger partial charge in [0.2, 0.25) is 5.91 Å². The fraction of sp³-hybridized carbons (Fsp3) is 0.250. The molecule has 0 radical (unpaired) electrons. The van der Waals surface area contributed by atoms with Crippen LogP contribution in [0.2, 0.25) is 0 Å². The second-order valence-electron chi connectivity index (χ2n) is 7.35. The number of thioether (sulfide) groups is 1.